The van der Waals surface area contributed by atoms with E-state index in [1.807, 2.05) is 19.1 Å². The van der Waals surface area contributed by atoms with Crippen LogP contribution < -0.4 is 15.0 Å². The van der Waals surface area contributed by atoms with Crippen LogP contribution in [0.4, 0.5) is 5.82 Å². The first-order valence-corrected chi connectivity index (χ1v) is 9.48. The molecular formula is C20H24ClN3O3. The number of hydrogen-bond donors (Lipinski definition) is 1. The highest BCUT2D eigenvalue weighted by atomic mass is 35.5. The highest BCUT2D eigenvalue weighted by Crippen LogP contribution is 2.22. The van der Waals surface area contributed by atoms with Gasteiger partial charge in [0.05, 0.1) is 25.4 Å². The molecule has 1 saturated heterocycles. The number of ether oxygens (including phenoxy) is 2. The van der Waals surface area contributed by atoms with Crippen molar-refractivity contribution in [2.45, 2.75) is 13.3 Å². The Balaban J connectivity index is 1.48. The molecule has 1 N–H and O–H groups in total. The maximum atomic E-state index is 12.6. The predicted octanol–water partition coefficient (Wildman–Crippen LogP) is 3.08. The van der Waals surface area contributed by atoms with E-state index in [0.29, 0.717) is 49.2 Å². The number of pyridine rings is 1. The number of morpholine rings is 1. The molecule has 0 aliphatic carbocycles. The SMILES string of the molecule is Cc1cc(Cl)ccc1OCCCNC(=O)c1cccnc1N1CCOCC1. The van der Waals surface area contributed by atoms with Crippen LogP contribution in [0.15, 0.2) is 36.5 Å². The van der Waals surface area contributed by atoms with Crippen molar-refractivity contribution in [2.75, 3.05) is 44.4 Å². The number of nitrogens with one attached hydrogen (secondary N) is 1. The highest BCUT2D eigenvalue weighted by molar-refractivity contribution is 6.30. The van der Waals surface area contributed by atoms with Crippen LogP contribution in [0.25, 0.3) is 0 Å². The van der Waals surface area contributed by atoms with Crippen LogP contribution in [0.3, 0.4) is 0 Å². The van der Waals surface area contributed by atoms with E-state index < -0.39 is 0 Å². The summed E-state index contributed by atoms with van der Waals surface area (Å²) in [7, 11) is 0. The number of carbonyl (C=O) groups is 1. The maximum Gasteiger partial charge on any atom is 0.255 e. The molecule has 0 radical (unpaired) electrons. The largest absolute Gasteiger partial charge is 0.493 e. The van der Waals surface area contributed by atoms with Crippen LogP contribution in [0.1, 0.15) is 22.3 Å². The Hall–Kier alpha value is -2.31. The van der Waals surface area contributed by atoms with Crippen molar-refractivity contribution in [1.29, 1.82) is 0 Å². The molecule has 0 atom stereocenters. The summed E-state index contributed by atoms with van der Waals surface area (Å²) < 4.78 is 11.1. The van der Waals surface area contributed by atoms with Gasteiger partial charge < -0.3 is 19.7 Å². The molecule has 2 heterocycles. The van der Waals surface area contributed by atoms with Crippen molar-refractivity contribution < 1.29 is 14.3 Å². The van der Waals surface area contributed by atoms with E-state index in [4.69, 9.17) is 21.1 Å². The first-order chi connectivity index (χ1) is 13.1. The number of anilines is 1. The lowest BCUT2D eigenvalue weighted by Gasteiger charge is -2.29. The lowest BCUT2D eigenvalue weighted by Crippen LogP contribution is -2.38. The standard InChI is InChI=1S/C20H24ClN3O3/c1-15-14-16(21)5-6-18(15)27-11-3-8-23-20(25)17-4-2-7-22-19(17)24-9-12-26-13-10-24/h2,4-7,14H,3,8-13H2,1H3,(H,23,25). The predicted molar refractivity (Wildman–Crippen MR) is 106 cm³/mol. The Labute approximate surface area is 164 Å². The fraction of sp³-hybridized carbons (Fsp3) is 0.400. The quantitative estimate of drug-likeness (QED) is 0.737. The van der Waals surface area contributed by atoms with Gasteiger partial charge in [0.2, 0.25) is 0 Å². The second-order valence-corrected chi connectivity index (χ2v) is 6.78. The summed E-state index contributed by atoms with van der Waals surface area (Å²) >= 11 is 5.94. The lowest BCUT2D eigenvalue weighted by atomic mass is 10.2. The fourth-order valence-corrected chi connectivity index (χ4v) is 3.15. The number of benzene rings is 1. The monoisotopic (exact) mass is 389 g/mol. The molecule has 1 aliphatic rings. The number of aromatic nitrogens is 1. The Morgan fingerprint density at radius 1 is 1.33 bits per heavy atom. The van der Waals surface area contributed by atoms with E-state index in [2.05, 4.69) is 15.2 Å². The molecule has 7 heteroatoms. The normalized spacial score (nSPS) is 14.1. The zero-order chi connectivity index (χ0) is 19.1. The van der Waals surface area contributed by atoms with Crippen molar-refractivity contribution >= 4 is 23.3 Å². The van der Waals surface area contributed by atoms with Crippen LogP contribution in [-0.2, 0) is 4.74 Å². The van der Waals surface area contributed by atoms with Gasteiger partial charge in [-0.2, -0.15) is 0 Å². The summed E-state index contributed by atoms with van der Waals surface area (Å²) in [4.78, 5) is 19.1. The highest BCUT2D eigenvalue weighted by Gasteiger charge is 2.19. The van der Waals surface area contributed by atoms with Gasteiger partial charge in [0, 0.05) is 30.9 Å². The zero-order valence-corrected chi connectivity index (χ0v) is 16.2. The topological polar surface area (TPSA) is 63.7 Å². The molecule has 0 bridgehead atoms. The van der Waals surface area contributed by atoms with E-state index in [-0.39, 0.29) is 5.91 Å². The average molecular weight is 390 g/mol. The second kappa shape index (κ2) is 9.58. The molecule has 1 aliphatic heterocycles. The van der Waals surface area contributed by atoms with E-state index in [1.165, 1.54) is 0 Å². The molecule has 1 aromatic heterocycles. The third kappa shape index (κ3) is 5.34. The lowest BCUT2D eigenvalue weighted by molar-refractivity contribution is 0.0949. The van der Waals surface area contributed by atoms with Crippen molar-refractivity contribution in [3.8, 4) is 5.75 Å². The molecule has 0 unspecified atom stereocenters. The van der Waals surface area contributed by atoms with E-state index in [9.17, 15) is 4.79 Å². The summed E-state index contributed by atoms with van der Waals surface area (Å²) in [5.74, 6) is 1.41. The fourth-order valence-electron chi connectivity index (χ4n) is 2.93. The van der Waals surface area contributed by atoms with Crippen molar-refractivity contribution in [3.05, 3.63) is 52.7 Å². The molecule has 6 nitrogen and oxygen atoms in total. The maximum absolute atomic E-state index is 12.6. The molecule has 1 amide bonds. The van der Waals surface area contributed by atoms with Crippen LogP contribution >= 0.6 is 11.6 Å². The summed E-state index contributed by atoms with van der Waals surface area (Å²) in [6.07, 6.45) is 2.42. The summed E-state index contributed by atoms with van der Waals surface area (Å²) in [6.45, 7) is 5.79. The number of halogens is 1. The van der Waals surface area contributed by atoms with Crippen molar-refractivity contribution in [1.82, 2.24) is 10.3 Å². The zero-order valence-electron chi connectivity index (χ0n) is 15.4. The number of rotatable bonds is 7. The van der Waals surface area contributed by atoms with Gasteiger partial charge in [-0.05, 0) is 49.2 Å². The number of amides is 1. The van der Waals surface area contributed by atoms with Gasteiger partial charge in [-0.1, -0.05) is 11.6 Å². The minimum absolute atomic E-state index is 0.118. The molecule has 27 heavy (non-hydrogen) atoms. The molecule has 0 spiro atoms. The van der Waals surface area contributed by atoms with Crippen LogP contribution in [-0.4, -0.2) is 50.3 Å². The summed E-state index contributed by atoms with van der Waals surface area (Å²) in [6, 6.07) is 9.13. The van der Waals surface area contributed by atoms with E-state index in [1.54, 1.807) is 24.4 Å². The van der Waals surface area contributed by atoms with Gasteiger partial charge in [-0.25, -0.2) is 4.98 Å². The molecule has 0 saturated carbocycles. The van der Waals surface area contributed by atoms with Gasteiger partial charge >= 0.3 is 0 Å². The minimum Gasteiger partial charge on any atom is -0.493 e. The van der Waals surface area contributed by atoms with Gasteiger partial charge in [0.25, 0.3) is 5.91 Å². The molecule has 1 aromatic carbocycles. The Bertz CT molecular complexity index is 779. The minimum atomic E-state index is -0.118. The van der Waals surface area contributed by atoms with Gasteiger partial charge in [-0.3, -0.25) is 4.79 Å². The van der Waals surface area contributed by atoms with E-state index >= 15 is 0 Å². The average Bonchev–Trinajstić information content (AvgIpc) is 2.69. The number of hydrogen-bond acceptors (Lipinski definition) is 5. The third-order valence-corrected chi connectivity index (χ3v) is 4.58. The van der Waals surface area contributed by atoms with Gasteiger partial charge in [-0.15, -0.1) is 0 Å². The van der Waals surface area contributed by atoms with E-state index in [0.717, 1.165) is 24.4 Å². The Morgan fingerprint density at radius 2 is 2.15 bits per heavy atom. The first-order valence-electron chi connectivity index (χ1n) is 9.10. The number of aryl methyl sites for hydroxylation is 1. The van der Waals surface area contributed by atoms with Crippen molar-refractivity contribution in [2.24, 2.45) is 0 Å². The third-order valence-electron chi connectivity index (χ3n) is 4.34. The summed E-state index contributed by atoms with van der Waals surface area (Å²) in [5, 5.41) is 3.64. The Kier molecular flexibility index (Phi) is 6.90. The molecule has 144 valence electrons. The molecule has 3 rings (SSSR count). The molecule has 2 aromatic rings. The second-order valence-electron chi connectivity index (χ2n) is 6.34. The van der Waals surface area contributed by atoms with Gasteiger partial charge in [0.15, 0.2) is 0 Å². The number of carbonyl (C=O) groups excluding carboxylic acids is 1. The van der Waals surface area contributed by atoms with Crippen LogP contribution in [0.2, 0.25) is 5.02 Å². The van der Waals surface area contributed by atoms with Gasteiger partial charge in [0.1, 0.15) is 11.6 Å². The van der Waals surface area contributed by atoms with Crippen LogP contribution in [0.5, 0.6) is 5.75 Å². The molecule has 1 fully saturated rings. The van der Waals surface area contributed by atoms with Crippen LogP contribution in [0, 0.1) is 6.92 Å². The summed E-state index contributed by atoms with van der Waals surface area (Å²) in [5.41, 5.74) is 1.59. The Morgan fingerprint density at radius 3 is 2.93 bits per heavy atom. The molecular weight excluding hydrogens is 366 g/mol. The number of nitrogens with zero attached hydrogens (tertiary/aromatic N) is 2. The van der Waals surface area contributed by atoms with Crippen molar-refractivity contribution in [3.63, 3.8) is 0 Å². The first kappa shape index (κ1) is 19.5. The smallest absolute Gasteiger partial charge is 0.255 e.